The molecule has 0 aromatic heterocycles. The second-order valence-corrected chi connectivity index (χ2v) is 7.28. The summed E-state index contributed by atoms with van der Waals surface area (Å²) in [7, 11) is 0. The Morgan fingerprint density at radius 1 is 1.00 bits per heavy atom. The molecule has 0 radical (unpaired) electrons. The third kappa shape index (κ3) is 5.77. The average Bonchev–Trinajstić information content (AvgIpc) is 2.63. The third-order valence-electron chi connectivity index (χ3n) is 5.31. The first kappa shape index (κ1) is 23.3. The van der Waals surface area contributed by atoms with Gasteiger partial charge in [-0.3, -0.25) is 0 Å². The number of nitrogens with one attached hydrogen (secondary N) is 1. The maximum absolute atomic E-state index is 13.0. The van der Waals surface area contributed by atoms with Gasteiger partial charge in [-0.1, -0.05) is 13.8 Å². The van der Waals surface area contributed by atoms with Crippen molar-refractivity contribution < 1.29 is 36.2 Å². The monoisotopic (exact) mass is 426 g/mol. The highest BCUT2D eigenvalue weighted by Gasteiger charge is 2.38. The molecule has 1 aliphatic rings. The van der Waals surface area contributed by atoms with Crippen LogP contribution < -0.4 is 5.32 Å². The summed E-state index contributed by atoms with van der Waals surface area (Å²) in [6.07, 6.45) is -8.75. The lowest BCUT2D eigenvalue weighted by Gasteiger charge is -2.43. The Labute approximate surface area is 164 Å². The highest BCUT2D eigenvalue weighted by atomic mass is 19.4. The molecule has 2 rings (SSSR count). The molecule has 4 nitrogen and oxygen atoms in total. The Balaban J connectivity index is 2.19. The third-order valence-corrected chi connectivity index (χ3v) is 5.31. The van der Waals surface area contributed by atoms with Gasteiger partial charge in [0.25, 0.3) is 0 Å². The normalized spacial score (nSPS) is 23.3. The molecule has 0 saturated carbocycles. The smallest absolute Gasteiger partial charge is 0.416 e. The Morgan fingerprint density at radius 2 is 1.45 bits per heavy atom. The van der Waals surface area contributed by atoms with Crippen molar-refractivity contribution in [2.75, 3.05) is 0 Å². The summed E-state index contributed by atoms with van der Waals surface area (Å²) in [5, 5.41) is 12.5. The van der Waals surface area contributed by atoms with Gasteiger partial charge in [-0.05, 0) is 49.4 Å². The van der Waals surface area contributed by atoms with Gasteiger partial charge in [0.1, 0.15) is 0 Å². The molecule has 0 bridgehead atoms. The van der Waals surface area contributed by atoms with Crippen molar-refractivity contribution >= 4 is 6.09 Å². The van der Waals surface area contributed by atoms with Crippen LogP contribution in [0, 0.1) is 0 Å². The van der Waals surface area contributed by atoms with E-state index in [9.17, 15) is 36.2 Å². The molecule has 1 aliphatic heterocycles. The van der Waals surface area contributed by atoms with Crippen LogP contribution >= 0.6 is 0 Å². The SMILES string of the molecule is CCC1CC(NCc2cc(C(F)(F)F)cc(C(F)(F)F)c2)CC(CC)N1C(=O)O. The van der Waals surface area contributed by atoms with Crippen LogP contribution in [0.15, 0.2) is 18.2 Å². The number of rotatable bonds is 5. The van der Waals surface area contributed by atoms with Crippen molar-refractivity contribution in [3.8, 4) is 0 Å². The lowest BCUT2D eigenvalue weighted by molar-refractivity contribution is -0.143. The second-order valence-electron chi connectivity index (χ2n) is 7.28. The molecule has 164 valence electrons. The topological polar surface area (TPSA) is 52.6 Å². The molecule has 10 heteroatoms. The van der Waals surface area contributed by atoms with Gasteiger partial charge < -0.3 is 15.3 Å². The van der Waals surface area contributed by atoms with Gasteiger partial charge in [0.05, 0.1) is 11.1 Å². The standard InChI is InChI=1S/C19H24F6N2O2/c1-3-15-8-14(9-16(4-2)27(15)17(28)29)26-10-11-5-12(18(20,21)22)7-13(6-11)19(23,24)25/h5-7,14-16,26H,3-4,8-10H2,1-2H3,(H,28,29). The minimum atomic E-state index is -4.89. The maximum Gasteiger partial charge on any atom is 0.416 e. The molecule has 1 aromatic carbocycles. The van der Waals surface area contributed by atoms with E-state index >= 15 is 0 Å². The number of amides is 1. The van der Waals surface area contributed by atoms with Crippen LogP contribution in [-0.2, 0) is 18.9 Å². The average molecular weight is 426 g/mol. The number of hydrogen-bond donors (Lipinski definition) is 2. The first-order chi connectivity index (χ1) is 13.4. The Kier molecular flexibility index (Phi) is 7.08. The van der Waals surface area contributed by atoms with Crippen LogP contribution in [0.4, 0.5) is 31.1 Å². The summed E-state index contributed by atoms with van der Waals surface area (Å²) >= 11 is 0. The molecule has 1 heterocycles. The Morgan fingerprint density at radius 3 is 1.79 bits per heavy atom. The van der Waals surface area contributed by atoms with Gasteiger partial charge in [-0.2, -0.15) is 26.3 Å². The van der Waals surface area contributed by atoms with Crippen LogP contribution in [0.2, 0.25) is 0 Å². The number of nitrogens with zero attached hydrogens (tertiary/aromatic N) is 1. The first-order valence-corrected chi connectivity index (χ1v) is 9.39. The number of alkyl halides is 6. The molecular weight excluding hydrogens is 402 g/mol. The van der Waals surface area contributed by atoms with E-state index in [0.29, 0.717) is 37.8 Å². The number of benzene rings is 1. The van der Waals surface area contributed by atoms with Crippen molar-refractivity contribution in [1.82, 2.24) is 10.2 Å². The van der Waals surface area contributed by atoms with E-state index in [1.165, 1.54) is 4.90 Å². The van der Waals surface area contributed by atoms with Crippen LogP contribution in [0.5, 0.6) is 0 Å². The van der Waals surface area contributed by atoms with E-state index < -0.39 is 29.6 Å². The molecule has 2 atom stereocenters. The van der Waals surface area contributed by atoms with Gasteiger partial charge in [0, 0.05) is 24.7 Å². The summed E-state index contributed by atoms with van der Waals surface area (Å²) in [5.41, 5.74) is -2.81. The van der Waals surface area contributed by atoms with Crippen molar-refractivity contribution in [2.24, 2.45) is 0 Å². The zero-order chi connectivity index (χ0) is 22.0. The van der Waals surface area contributed by atoms with Crippen LogP contribution in [0.25, 0.3) is 0 Å². The molecule has 2 N–H and O–H groups in total. The van der Waals surface area contributed by atoms with Gasteiger partial charge in [0.15, 0.2) is 0 Å². The van der Waals surface area contributed by atoms with Crippen molar-refractivity contribution in [3.05, 3.63) is 34.9 Å². The van der Waals surface area contributed by atoms with Crippen LogP contribution in [-0.4, -0.2) is 34.2 Å². The number of hydrogen-bond acceptors (Lipinski definition) is 2. The largest absolute Gasteiger partial charge is 0.465 e. The second kappa shape index (κ2) is 8.81. The van der Waals surface area contributed by atoms with E-state index in [1.54, 1.807) is 0 Å². The van der Waals surface area contributed by atoms with Crippen molar-refractivity contribution in [2.45, 2.75) is 76.6 Å². The van der Waals surface area contributed by atoms with Crippen molar-refractivity contribution in [3.63, 3.8) is 0 Å². The molecule has 1 aromatic rings. The Hall–Kier alpha value is -1.97. The van der Waals surface area contributed by atoms with Gasteiger partial charge >= 0.3 is 18.4 Å². The number of carbonyl (C=O) groups is 1. The van der Waals surface area contributed by atoms with Gasteiger partial charge in [-0.15, -0.1) is 0 Å². The quantitative estimate of drug-likeness (QED) is 0.610. The van der Waals surface area contributed by atoms with E-state index in [0.717, 1.165) is 0 Å². The number of halogens is 6. The van der Waals surface area contributed by atoms with Crippen LogP contribution in [0.3, 0.4) is 0 Å². The van der Waals surface area contributed by atoms with Crippen molar-refractivity contribution in [1.29, 1.82) is 0 Å². The molecule has 2 unspecified atom stereocenters. The number of piperidine rings is 1. The number of carboxylic acid groups (broad SMARTS) is 1. The summed E-state index contributed by atoms with van der Waals surface area (Å²) in [4.78, 5) is 12.9. The minimum Gasteiger partial charge on any atom is -0.465 e. The lowest BCUT2D eigenvalue weighted by atomic mass is 9.88. The molecular formula is C19H24F6N2O2. The van der Waals surface area contributed by atoms with Crippen LogP contribution in [0.1, 0.15) is 56.2 Å². The predicted octanol–water partition coefficient (Wildman–Crippen LogP) is 5.51. The van der Waals surface area contributed by atoms with E-state index in [1.807, 2.05) is 13.8 Å². The molecule has 1 amide bonds. The number of likely N-dealkylation sites (tertiary alicyclic amines) is 1. The fourth-order valence-electron chi connectivity index (χ4n) is 3.87. The Bertz CT molecular complexity index is 673. The van der Waals surface area contributed by atoms with Gasteiger partial charge in [0.2, 0.25) is 0 Å². The zero-order valence-corrected chi connectivity index (χ0v) is 16.1. The van der Waals surface area contributed by atoms with E-state index in [4.69, 9.17) is 0 Å². The fraction of sp³-hybridized carbons (Fsp3) is 0.632. The van der Waals surface area contributed by atoms with E-state index in [-0.39, 0.29) is 36.3 Å². The summed E-state index contributed by atoms with van der Waals surface area (Å²) in [6.45, 7) is 3.52. The zero-order valence-electron chi connectivity index (χ0n) is 16.1. The molecule has 1 saturated heterocycles. The molecule has 0 aliphatic carbocycles. The summed E-state index contributed by atoms with van der Waals surface area (Å²) in [5.74, 6) is 0. The minimum absolute atomic E-state index is 0.106. The summed E-state index contributed by atoms with van der Waals surface area (Å²) < 4.78 is 78.0. The lowest BCUT2D eigenvalue weighted by Crippen LogP contribution is -2.55. The highest BCUT2D eigenvalue weighted by Crippen LogP contribution is 2.36. The summed E-state index contributed by atoms with van der Waals surface area (Å²) in [6, 6.07) is 0.818. The van der Waals surface area contributed by atoms with E-state index in [2.05, 4.69) is 5.32 Å². The fourth-order valence-corrected chi connectivity index (χ4v) is 3.87. The molecule has 29 heavy (non-hydrogen) atoms. The highest BCUT2D eigenvalue weighted by molar-refractivity contribution is 5.66. The molecule has 1 fully saturated rings. The van der Waals surface area contributed by atoms with Gasteiger partial charge in [-0.25, -0.2) is 4.79 Å². The first-order valence-electron chi connectivity index (χ1n) is 9.39. The molecule has 0 spiro atoms. The maximum atomic E-state index is 13.0. The predicted molar refractivity (Wildman–Crippen MR) is 94.3 cm³/mol.